The number of hydrogen-bond acceptors (Lipinski definition) is 10. The van der Waals surface area contributed by atoms with E-state index in [1.54, 1.807) is 18.2 Å². The van der Waals surface area contributed by atoms with Crippen molar-refractivity contribution in [1.82, 2.24) is 0 Å². The van der Waals surface area contributed by atoms with Gasteiger partial charge in [0.25, 0.3) is 0 Å². The van der Waals surface area contributed by atoms with Crippen molar-refractivity contribution in [2.24, 2.45) is 0 Å². The highest BCUT2D eigenvalue weighted by Gasteiger charge is 2.48. The summed E-state index contributed by atoms with van der Waals surface area (Å²) >= 11 is 0. The molecule has 0 saturated carbocycles. The quantitative estimate of drug-likeness (QED) is 0.101. The molecule has 204 valence electrons. The molecule has 0 spiro atoms. The molecule has 13 heteroatoms. The fourth-order valence-corrected chi connectivity index (χ4v) is 7.69. The molecule has 1 aromatic rings. The standard InChI is InChI=1S/C22H41O10P3/c1-5-9-18-26-33(23,27-19-10-6-2)31-35(25,29-21-12-8-4)32-34(24,28-20-11-7-3)30-22-16-14-13-15-17-22/h13-17H,5-12,18-21H2,1-4H3. The number of unbranched alkanes of at least 4 members (excludes halogenated alkanes) is 4. The van der Waals surface area contributed by atoms with Crippen molar-refractivity contribution >= 4 is 23.5 Å². The molecule has 0 radical (unpaired) electrons. The van der Waals surface area contributed by atoms with E-state index in [-0.39, 0.29) is 32.2 Å². The summed E-state index contributed by atoms with van der Waals surface area (Å²) in [7, 11) is -13.7. The van der Waals surface area contributed by atoms with Gasteiger partial charge in [-0.15, -0.1) is 0 Å². The SMILES string of the molecule is CCCCOP(=O)(OCCCC)OP(=O)(OCCCC)OP(=O)(OCCCC)Oc1ccccc1. The van der Waals surface area contributed by atoms with Crippen molar-refractivity contribution in [1.29, 1.82) is 0 Å². The Morgan fingerprint density at radius 3 is 1.34 bits per heavy atom. The number of hydrogen-bond donors (Lipinski definition) is 0. The topological polar surface area (TPSA) is 116 Å². The van der Waals surface area contributed by atoms with Crippen LogP contribution in [0.25, 0.3) is 0 Å². The number of phosphoric acid groups is 3. The van der Waals surface area contributed by atoms with E-state index in [1.165, 1.54) is 12.1 Å². The van der Waals surface area contributed by atoms with Crippen molar-refractivity contribution < 1.29 is 44.9 Å². The predicted molar refractivity (Wildman–Crippen MR) is 135 cm³/mol. The molecule has 0 fully saturated rings. The fraction of sp³-hybridized carbons (Fsp3) is 0.727. The van der Waals surface area contributed by atoms with Crippen molar-refractivity contribution in [3.8, 4) is 5.75 Å². The van der Waals surface area contributed by atoms with Gasteiger partial charge < -0.3 is 4.52 Å². The van der Waals surface area contributed by atoms with Gasteiger partial charge in [-0.2, -0.15) is 8.62 Å². The second-order valence-corrected chi connectivity index (χ2v) is 12.9. The van der Waals surface area contributed by atoms with Gasteiger partial charge in [0.15, 0.2) is 0 Å². The van der Waals surface area contributed by atoms with Crippen LogP contribution in [0, 0.1) is 0 Å². The van der Waals surface area contributed by atoms with Gasteiger partial charge in [-0.1, -0.05) is 71.6 Å². The molecule has 0 saturated heterocycles. The fourth-order valence-electron chi connectivity index (χ4n) is 2.35. The van der Waals surface area contributed by atoms with Gasteiger partial charge in [-0.25, -0.2) is 13.7 Å². The number of rotatable bonds is 22. The average molecular weight is 558 g/mol. The third-order valence-corrected chi connectivity index (χ3v) is 9.98. The second-order valence-electron chi connectivity index (χ2n) is 7.66. The molecule has 1 rings (SSSR count). The summed E-state index contributed by atoms with van der Waals surface area (Å²) in [6, 6.07) is 8.15. The molecule has 0 aromatic heterocycles. The van der Waals surface area contributed by atoms with Crippen LogP contribution in [0.4, 0.5) is 0 Å². The van der Waals surface area contributed by atoms with Crippen LogP contribution in [0.15, 0.2) is 30.3 Å². The summed E-state index contributed by atoms with van der Waals surface area (Å²) in [6.45, 7) is 7.71. The summed E-state index contributed by atoms with van der Waals surface area (Å²) in [5.74, 6) is 0.161. The van der Waals surface area contributed by atoms with E-state index in [0.29, 0.717) is 32.1 Å². The summed E-state index contributed by atoms with van der Waals surface area (Å²) in [6.07, 6.45) is 5.18. The molecule has 0 heterocycles. The number of para-hydroxylation sites is 1. The van der Waals surface area contributed by atoms with Crippen LogP contribution in [0.1, 0.15) is 79.1 Å². The molecule has 0 N–H and O–H groups in total. The first kappa shape index (κ1) is 32.5. The van der Waals surface area contributed by atoms with E-state index in [1.807, 2.05) is 27.7 Å². The van der Waals surface area contributed by atoms with Gasteiger partial charge in [-0.3, -0.25) is 18.1 Å². The molecule has 1 aromatic carbocycles. The first-order valence-electron chi connectivity index (χ1n) is 12.3. The first-order chi connectivity index (χ1) is 16.7. The molecule has 10 nitrogen and oxygen atoms in total. The van der Waals surface area contributed by atoms with Gasteiger partial charge in [0.1, 0.15) is 5.75 Å². The Bertz CT molecular complexity index is 807. The summed E-state index contributed by atoms with van der Waals surface area (Å²) in [5.41, 5.74) is 0. The molecule has 0 amide bonds. The van der Waals surface area contributed by atoms with Crippen LogP contribution >= 0.6 is 23.5 Å². The lowest BCUT2D eigenvalue weighted by atomic mass is 10.3. The Balaban J connectivity index is 3.22. The maximum absolute atomic E-state index is 13.7. The maximum Gasteiger partial charge on any atom is 0.539 e. The minimum absolute atomic E-state index is 0.00717. The molecule has 2 atom stereocenters. The second kappa shape index (κ2) is 17.8. The Labute approximate surface area is 210 Å². The largest absolute Gasteiger partial charge is 0.539 e. The molecule has 0 aliphatic rings. The maximum atomic E-state index is 13.7. The highest BCUT2D eigenvalue weighted by molar-refractivity contribution is 7.68. The van der Waals surface area contributed by atoms with Crippen LogP contribution < -0.4 is 4.52 Å². The Morgan fingerprint density at radius 2 is 0.914 bits per heavy atom. The molecule has 0 bridgehead atoms. The minimum atomic E-state index is -4.80. The van der Waals surface area contributed by atoms with Crippen LogP contribution in [0.3, 0.4) is 0 Å². The molecule has 35 heavy (non-hydrogen) atoms. The molecule has 0 aliphatic carbocycles. The van der Waals surface area contributed by atoms with Crippen LogP contribution in [0.2, 0.25) is 0 Å². The van der Waals surface area contributed by atoms with E-state index in [4.69, 9.17) is 31.2 Å². The lowest BCUT2D eigenvalue weighted by Crippen LogP contribution is -2.08. The molecule has 2 unspecified atom stereocenters. The van der Waals surface area contributed by atoms with Crippen molar-refractivity contribution in [3.05, 3.63) is 30.3 Å². The van der Waals surface area contributed by atoms with Crippen LogP contribution in [0.5, 0.6) is 5.75 Å². The van der Waals surface area contributed by atoms with Crippen LogP contribution in [-0.2, 0) is 40.4 Å². The van der Waals surface area contributed by atoms with Gasteiger partial charge in [0.05, 0.1) is 26.4 Å². The van der Waals surface area contributed by atoms with E-state index < -0.39 is 23.5 Å². The third-order valence-electron chi connectivity index (χ3n) is 4.35. The van der Waals surface area contributed by atoms with Gasteiger partial charge in [0, 0.05) is 0 Å². The lowest BCUT2D eigenvalue weighted by Gasteiger charge is -2.26. The van der Waals surface area contributed by atoms with Gasteiger partial charge in [0.2, 0.25) is 0 Å². The Morgan fingerprint density at radius 1 is 0.543 bits per heavy atom. The van der Waals surface area contributed by atoms with Crippen LogP contribution in [-0.4, -0.2) is 26.4 Å². The van der Waals surface area contributed by atoms with E-state index >= 15 is 0 Å². The van der Waals surface area contributed by atoms with E-state index in [9.17, 15) is 13.7 Å². The smallest absolute Gasteiger partial charge is 0.404 e. The molecule has 0 aliphatic heterocycles. The van der Waals surface area contributed by atoms with Gasteiger partial charge in [-0.05, 0) is 37.8 Å². The molecular weight excluding hydrogens is 517 g/mol. The normalized spacial score (nSPS) is 15.4. The zero-order valence-electron chi connectivity index (χ0n) is 21.3. The zero-order chi connectivity index (χ0) is 26.0. The number of phosphoric ester groups is 2. The average Bonchev–Trinajstić information content (AvgIpc) is 2.80. The highest BCUT2D eigenvalue weighted by Crippen LogP contribution is 2.72. The first-order valence-corrected chi connectivity index (χ1v) is 16.7. The predicted octanol–water partition coefficient (Wildman–Crippen LogP) is 8.69. The van der Waals surface area contributed by atoms with E-state index in [2.05, 4.69) is 0 Å². The summed E-state index contributed by atoms with van der Waals surface area (Å²) in [5, 5.41) is 0. The van der Waals surface area contributed by atoms with Gasteiger partial charge >= 0.3 is 23.5 Å². The summed E-state index contributed by atoms with van der Waals surface area (Å²) in [4.78, 5) is 0. The number of benzene rings is 1. The lowest BCUT2D eigenvalue weighted by molar-refractivity contribution is 0.117. The molecular formula is C22H41O10P3. The Kier molecular flexibility index (Phi) is 16.6. The third kappa shape index (κ3) is 14.1. The van der Waals surface area contributed by atoms with Crippen molar-refractivity contribution in [2.75, 3.05) is 26.4 Å². The Hall–Kier alpha value is -0.530. The zero-order valence-corrected chi connectivity index (χ0v) is 24.0. The monoisotopic (exact) mass is 558 g/mol. The highest BCUT2D eigenvalue weighted by atomic mass is 31.3. The summed E-state index contributed by atoms with van der Waals surface area (Å²) < 4.78 is 78.1. The minimum Gasteiger partial charge on any atom is -0.404 e. The van der Waals surface area contributed by atoms with Crippen molar-refractivity contribution in [3.63, 3.8) is 0 Å². The van der Waals surface area contributed by atoms with Crippen molar-refractivity contribution in [2.45, 2.75) is 79.1 Å². The van der Waals surface area contributed by atoms with E-state index in [0.717, 1.165) is 19.3 Å².